The second-order valence-corrected chi connectivity index (χ2v) is 6.46. The number of halogens is 2. The first-order chi connectivity index (χ1) is 12.0. The largest absolute Gasteiger partial charge is 0.394 e. The topological polar surface area (TPSA) is 91.0 Å². The minimum Gasteiger partial charge on any atom is -0.394 e. The molecule has 0 bridgehead atoms. The lowest BCUT2D eigenvalue weighted by atomic mass is 10.1. The third-order valence-electron chi connectivity index (χ3n) is 4.95. The van der Waals surface area contributed by atoms with E-state index in [9.17, 15) is 24.1 Å². The Morgan fingerprint density at radius 3 is 2.56 bits per heavy atom. The Morgan fingerprint density at radius 1 is 1.20 bits per heavy atom. The Bertz CT molecular complexity index is 793. The molecule has 0 spiro atoms. The zero-order valence-corrected chi connectivity index (χ0v) is 13.3. The quantitative estimate of drug-likeness (QED) is 0.744. The molecule has 4 rings (SSSR count). The van der Waals surface area contributed by atoms with Gasteiger partial charge in [0.15, 0.2) is 17.9 Å². The van der Waals surface area contributed by atoms with Crippen LogP contribution in [0, 0.1) is 11.6 Å². The van der Waals surface area contributed by atoms with E-state index in [2.05, 4.69) is 4.98 Å². The van der Waals surface area contributed by atoms with Crippen LogP contribution in [0.4, 0.5) is 14.5 Å². The third kappa shape index (κ3) is 2.50. The van der Waals surface area contributed by atoms with Crippen LogP contribution in [0.15, 0.2) is 12.4 Å². The molecule has 0 unspecified atom stereocenters. The molecule has 2 fully saturated rings. The monoisotopic (exact) mass is 355 g/mol. The molecule has 2 saturated heterocycles. The molecule has 1 aromatic carbocycles. The standard InChI is InChI=1S/C16H19F2N3O4/c17-8-5-9-12(11(18)13(8)20-3-1-2-4-20)19-7-21(9)16-15(24)14(23)10(6-22)25-16/h5,7,10,14-16,22-24H,1-4,6H2/t10-,14-,15-,16-/m1/s1. The molecular weight excluding hydrogens is 336 g/mol. The fraction of sp³-hybridized carbons (Fsp3) is 0.562. The Labute approximate surface area is 142 Å². The zero-order chi connectivity index (χ0) is 17.7. The number of aromatic nitrogens is 2. The number of benzene rings is 1. The normalized spacial score (nSPS) is 29.9. The molecule has 0 radical (unpaired) electrons. The van der Waals surface area contributed by atoms with Crippen LogP contribution in [0.2, 0.25) is 0 Å². The van der Waals surface area contributed by atoms with E-state index in [1.165, 1.54) is 10.9 Å². The first kappa shape index (κ1) is 16.6. The van der Waals surface area contributed by atoms with Crippen molar-refractivity contribution in [1.29, 1.82) is 0 Å². The second-order valence-electron chi connectivity index (χ2n) is 6.46. The van der Waals surface area contributed by atoms with Gasteiger partial charge >= 0.3 is 0 Å². The Balaban J connectivity index is 1.78. The molecule has 0 amide bonds. The lowest BCUT2D eigenvalue weighted by Gasteiger charge is -2.20. The molecule has 2 aromatic rings. The summed E-state index contributed by atoms with van der Waals surface area (Å²) in [5, 5.41) is 29.2. The Kier molecular flexibility index (Phi) is 4.11. The van der Waals surface area contributed by atoms with Crippen LogP contribution in [0.1, 0.15) is 19.1 Å². The number of rotatable bonds is 3. The van der Waals surface area contributed by atoms with Gasteiger partial charge in [-0.25, -0.2) is 13.8 Å². The lowest BCUT2D eigenvalue weighted by Crippen LogP contribution is -2.33. The van der Waals surface area contributed by atoms with Gasteiger partial charge in [-0.1, -0.05) is 0 Å². The van der Waals surface area contributed by atoms with Gasteiger partial charge in [-0.2, -0.15) is 0 Å². The van der Waals surface area contributed by atoms with Crippen LogP contribution in [-0.4, -0.2) is 62.9 Å². The highest BCUT2D eigenvalue weighted by Crippen LogP contribution is 2.36. The van der Waals surface area contributed by atoms with Gasteiger partial charge in [0.25, 0.3) is 0 Å². The molecule has 0 aliphatic carbocycles. The van der Waals surface area contributed by atoms with Crippen LogP contribution >= 0.6 is 0 Å². The number of nitrogens with zero attached hydrogens (tertiary/aromatic N) is 3. The van der Waals surface area contributed by atoms with Gasteiger partial charge in [-0.15, -0.1) is 0 Å². The van der Waals surface area contributed by atoms with Gasteiger partial charge in [-0.05, 0) is 12.8 Å². The van der Waals surface area contributed by atoms with E-state index in [0.29, 0.717) is 13.1 Å². The summed E-state index contributed by atoms with van der Waals surface area (Å²) in [6.07, 6.45) is -1.71. The van der Waals surface area contributed by atoms with Gasteiger partial charge in [0.2, 0.25) is 0 Å². The van der Waals surface area contributed by atoms with E-state index in [4.69, 9.17) is 4.74 Å². The first-order valence-electron chi connectivity index (χ1n) is 8.25. The highest BCUT2D eigenvalue weighted by Gasteiger charge is 2.44. The second kappa shape index (κ2) is 6.17. The fourth-order valence-electron chi connectivity index (χ4n) is 3.63. The highest BCUT2D eigenvalue weighted by molar-refractivity contribution is 5.81. The van der Waals surface area contributed by atoms with Gasteiger partial charge in [-0.3, -0.25) is 0 Å². The fourth-order valence-corrected chi connectivity index (χ4v) is 3.63. The molecule has 0 saturated carbocycles. The van der Waals surface area contributed by atoms with Crippen LogP contribution in [0.25, 0.3) is 11.0 Å². The summed E-state index contributed by atoms with van der Waals surface area (Å²) in [4.78, 5) is 5.67. The highest BCUT2D eigenvalue weighted by atomic mass is 19.1. The molecule has 136 valence electrons. The van der Waals surface area contributed by atoms with Crippen molar-refractivity contribution < 1.29 is 28.8 Å². The van der Waals surface area contributed by atoms with Crippen molar-refractivity contribution in [2.45, 2.75) is 37.4 Å². The maximum absolute atomic E-state index is 14.8. The number of hydrogen-bond acceptors (Lipinski definition) is 6. The summed E-state index contributed by atoms with van der Waals surface area (Å²) in [6, 6.07) is 1.16. The number of aliphatic hydroxyl groups excluding tert-OH is 3. The van der Waals surface area contributed by atoms with Crippen molar-refractivity contribution >= 4 is 16.7 Å². The maximum atomic E-state index is 14.8. The predicted molar refractivity (Wildman–Crippen MR) is 84.1 cm³/mol. The van der Waals surface area contributed by atoms with Gasteiger partial charge in [0.05, 0.1) is 18.5 Å². The van der Waals surface area contributed by atoms with Crippen molar-refractivity contribution in [3.8, 4) is 0 Å². The first-order valence-corrected chi connectivity index (χ1v) is 8.25. The van der Waals surface area contributed by atoms with Crippen molar-refractivity contribution in [3.63, 3.8) is 0 Å². The summed E-state index contributed by atoms with van der Waals surface area (Å²) >= 11 is 0. The molecule has 9 heteroatoms. The van der Waals surface area contributed by atoms with E-state index >= 15 is 0 Å². The predicted octanol–water partition coefficient (Wildman–Crippen LogP) is 0.526. The molecule has 1 aromatic heterocycles. The molecule has 25 heavy (non-hydrogen) atoms. The van der Waals surface area contributed by atoms with Gasteiger partial charge < -0.3 is 29.5 Å². The van der Waals surface area contributed by atoms with Gasteiger partial charge in [0.1, 0.15) is 29.5 Å². The van der Waals surface area contributed by atoms with Gasteiger partial charge in [0, 0.05) is 19.2 Å². The summed E-state index contributed by atoms with van der Waals surface area (Å²) < 4.78 is 36.1. The minimum absolute atomic E-state index is 0.0268. The Hall–Kier alpha value is -1.81. The molecular formula is C16H19F2N3O4. The van der Waals surface area contributed by atoms with Crippen molar-refractivity contribution in [1.82, 2.24) is 9.55 Å². The van der Waals surface area contributed by atoms with Crippen LogP contribution in [0.5, 0.6) is 0 Å². The lowest BCUT2D eigenvalue weighted by molar-refractivity contribution is -0.0509. The molecule has 3 N–H and O–H groups in total. The number of aliphatic hydroxyl groups is 3. The maximum Gasteiger partial charge on any atom is 0.177 e. The van der Waals surface area contributed by atoms with Crippen molar-refractivity contribution in [3.05, 3.63) is 24.0 Å². The van der Waals surface area contributed by atoms with E-state index in [0.717, 1.165) is 18.9 Å². The summed E-state index contributed by atoms with van der Waals surface area (Å²) in [6.45, 7) is 0.701. The van der Waals surface area contributed by atoms with E-state index in [1.807, 2.05) is 0 Å². The van der Waals surface area contributed by atoms with E-state index in [1.54, 1.807) is 4.90 Å². The summed E-state index contributed by atoms with van der Waals surface area (Å²) in [5.41, 5.74) is 0.00485. The molecule has 2 aliphatic rings. The van der Waals surface area contributed by atoms with Crippen molar-refractivity contribution in [2.24, 2.45) is 0 Å². The molecule has 2 aliphatic heterocycles. The van der Waals surface area contributed by atoms with Crippen LogP contribution in [-0.2, 0) is 4.74 Å². The van der Waals surface area contributed by atoms with Crippen LogP contribution in [0.3, 0.4) is 0 Å². The summed E-state index contributed by atoms with van der Waals surface area (Å²) in [7, 11) is 0. The number of fused-ring (bicyclic) bond motifs is 1. The van der Waals surface area contributed by atoms with E-state index in [-0.39, 0.29) is 16.7 Å². The molecule has 4 atom stereocenters. The number of ether oxygens (including phenoxy) is 1. The van der Waals surface area contributed by atoms with E-state index < -0.39 is 42.8 Å². The smallest absolute Gasteiger partial charge is 0.177 e. The average molecular weight is 355 g/mol. The van der Waals surface area contributed by atoms with Crippen molar-refractivity contribution in [2.75, 3.05) is 24.6 Å². The Morgan fingerprint density at radius 2 is 1.92 bits per heavy atom. The molecule has 3 heterocycles. The third-order valence-corrected chi connectivity index (χ3v) is 4.95. The number of hydrogen-bond donors (Lipinski definition) is 3. The number of anilines is 1. The minimum atomic E-state index is -1.35. The SMILES string of the molecule is OC[C@H]1O[C@@H](n2cnc3c(F)c(N4CCCC4)c(F)cc32)[C@H](O)[C@@H]1O. The molecule has 7 nitrogen and oxygen atoms in total. The van der Waals surface area contributed by atoms with Crippen LogP contribution < -0.4 is 4.90 Å². The zero-order valence-electron chi connectivity index (χ0n) is 13.3. The number of imidazole rings is 1. The summed E-state index contributed by atoms with van der Waals surface area (Å²) in [5.74, 6) is -1.46. The average Bonchev–Trinajstić information content (AvgIpc) is 3.30.